The first-order chi connectivity index (χ1) is 5.72. The SMILES string of the molecule is O=CNC1CCN(CS(=O)[O-])C1. The summed E-state index contributed by atoms with van der Waals surface area (Å²) in [7, 11) is 0. The number of hydrogen-bond donors (Lipinski definition) is 1. The lowest BCUT2D eigenvalue weighted by atomic mass is 10.3. The van der Waals surface area contributed by atoms with Gasteiger partial charge in [0, 0.05) is 19.1 Å². The molecule has 0 aromatic carbocycles. The largest absolute Gasteiger partial charge is 0.771 e. The Balaban J connectivity index is 2.25. The summed E-state index contributed by atoms with van der Waals surface area (Å²) in [5, 5.41) is 2.62. The molecular formula is C6H11N2O3S-. The monoisotopic (exact) mass is 191 g/mol. The van der Waals surface area contributed by atoms with E-state index in [0.29, 0.717) is 13.0 Å². The number of nitrogens with one attached hydrogen (secondary N) is 1. The molecule has 1 fully saturated rings. The Morgan fingerprint density at radius 3 is 3.08 bits per heavy atom. The van der Waals surface area contributed by atoms with Crippen molar-refractivity contribution in [3.05, 3.63) is 0 Å². The Labute approximate surface area is 73.4 Å². The fraction of sp³-hybridized carbons (Fsp3) is 0.833. The Morgan fingerprint density at radius 2 is 2.50 bits per heavy atom. The zero-order valence-electron chi connectivity index (χ0n) is 6.56. The van der Waals surface area contributed by atoms with E-state index in [-0.39, 0.29) is 11.9 Å². The van der Waals surface area contributed by atoms with Crippen LogP contribution in [0.3, 0.4) is 0 Å². The first-order valence-electron chi connectivity index (χ1n) is 3.70. The van der Waals surface area contributed by atoms with Crippen molar-refractivity contribution in [1.82, 2.24) is 10.2 Å². The number of hydrogen-bond acceptors (Lipinski definition) is 4. The van der Waals surface area contributed by atoms with Gasteiger partial charge in [-0.3, -0.25) is 13.9 Å². The Morgan fingerprint density at radius 1 is 1.75 bits per heavy atom. The van der Waals surface area contributed by atoms with Crippen LogP contribution in [-0.2, 0) is 15.9 Å². The van der Waals surface area contributed by atoms with Crippen LogP contribution in [0, 0.1) is 0 Å². The van der Waals surface area contributed by atoms with E-state index in [0.717, 1.165) is 13.0 Å². The minimum atomic E-state index is -2.01. The summed E-state index contributed by atoms with van der Waals surface area (Å²) in [5.41, 5.74) is 0. The molecule has 0 radical (unpaired) electrons. The van der Waals surface area contributed by atoms with Crippen molar-refractivity contribution in [2.24, 2.45) is 0 Å². The number of carbonyl (C=O) groups is 1. The highest BCUT2D eigenvalue weighted by Crippen LogP contribution is 2.07. The van der Waals surface area contributed by atoms with Gasteiger partial charge in [-0.25, -0.2) is 0 Å². The lowest BCUT2D eigenvalue weighted by Gasteiger charge is -2.16. The van der Waals surface area contributed by atoms with Crippen molar-refractivity contribution in [3.63, 3.8) is 0 Å². The zero-order valence-corrected chi connectivity index (χ0v) is 7.38. The van der Waals surface area contributed by atoms with Crippen molar-refractivity contribution < 1.29 is 13.6 Å². The summed E-state index contributed by atoms with van der Waals surface area (Å²) < 4.78 is 20.6. The molecule has 6 heteroatoms. The maximum Gasteiger partial charge on any atom is 0.207 e. The second kappa shape index (κ2) is 4.54. The van der Waals surface area contributed by atoms with E-state index in [2.05, 4.69) is 5.32 Å². The van der Waals surface area contributed by atoms with E-state index in [1.807, 2.05) is 0 Å². The Kier molecular flexibility index (Phi) is 3.64. The first-order valence-corrected chi connectivity index (χ1v) is 4.94. The Bertz CT molecular complexity index is 188. The molecule has 1 N–H and O–H groups in total. The second-order valence-electron chi connectivity index (χ2n) is 2.78. The molecule has 70 valence electrons. The molecule has 0 aliphatic carbocycles. The van der Waals surface area contributed by atoms with Crippen LogP contribution < -0.4 is 5.32 Å². The quantitative estimate of drug-likeness (QED) is 0.440. The molecule has 1 aliphatic rings. The fourth-order valence-electron chi connectivity index (χ4n) is 1.33. The summed E-state index contributed by atoms with van der Waals surface area (Å²) in [6, 6.07) is 0.117. The molecule has 1 saturated heterocycles. The van der Waals surface area contributed by atoms with E-state index in [9.17, 15) is 13.6 Å². The van der Waals surface area contributed by atoms with Crippen LogP contribution in [0.4, 0.5) is 0 Å². The van der Waals surface area contributed by atoms with Gasteiger partial charge in [0.15, 0.2) is 0 Å². The van der Waals surface area contributed by atoms with E-state index >= 15 is 0 Å². The third kappa shape index (κ3) is 2.88. The minimum Gasteiger partial charge on any atom is -0.771 e. The summed E-state index contributed by atoms with van der Waals surface area (Å²) in [5.74, 6) is 0.0665. The molecule has 1 heterocycles. The third-order valence-electron chi connectivity index (χ3n) is 1.86. The van der Waals surface area contributed by atoms with Crippen molar-refractivity contribution in [2.45, 2.75) is 12.5 Å². The lowest BCUT2D eigenvalue weighted by molar-refractivity contribution is -0.110. The molecule has 0 spiro atoms. The maximum absolute atomic E-state index is 10.3. The molecule has 0 aromatic rings. The predicted molar refractivity (Wildman–Crippen MR) is 43.0 cm³/mol. The normalized spacial score (nSPS) is 26.9. The van der Waals surface area contributed by atoms with Gasteiger partial charge < -0.3 is 9.87 Å². The molecule has 12 heavy (non-hydrogen) atoms. The summed E-state index contributed by atoms with van der Waals surface area (Å²) >= 11 is -2.01. The topological polar surface area (TPSA) is 72.5 Å². The number of rotatable bonds is 4. The smallest absolute Gasteiger partial charge is 0.207 e. The van der Waals surface area contributed by atoms with Gasteiger partial charge in [0.1, 0.15) is 0 Å². The number of likely N-dealkylation sites (tertiary alicyclic amines) is 1. The maximum atomic E-state index is 10.3. The van der Waals surface area contributed by atoms with Crippen LogP contribution >= 0.6 is 0 Å². The van der Waals surface area contributed by atoms with Crippen LogP contribution in [0.15, 0.2) is 0 Å². The third-order valence-corrected chi connectivity index (χ3v) is 2.44. The number of nitrogens with zero attached hydrogens (tertiary/aromatic N) is 1. The second-order valence-corrected chi connectivity index (χ2v) is 3.65. The van der Waals surface area contributed by atoms with E-state index in [1.165, 1.54) is 0 Å². The highest BCUT2D eigenvalue weighted by Gasteiger charge is 2.21. The molecule has 5 nitrogen and oxygen atoms in total. The number of amides is 1. The highest BCUT2D eigenvalue weighted by atomic mass is 32.2. The summed E-state index contributed by atoms with van der Waals surface area (Å²) in [4.78, 5) is 11.8. The van der Waals surface area contributed by atoms with Crippen molar-refractivity contribution in [2.75, 3.05) is 19.0 Å². The van der Waals surface area contributed by atoms with E-state index in [4.69, 9.17) is 0 Å². The molecule has 1 rings (SSSR count). The van der Waals surface area contributed by atoms with Crippen molar-refractivity contribution in [3.8, 4) is 0 Å². The molecule has 2 atom stereocenters. The molecule has 1 amide bonds. The van der Waals surface area contributed by atoms with Crippen LogP contribution in [0.5, 0.6) is 0 Å². The molecule has 0 aromatic heterocycles. The van der Waals surface area contributed by atoms with Crippen molar-refractivity contribution in [1.29, 1.82) is 0 Å². The van der Waals surface area contributed by atoms with Crippen LogP contribution in [0.1, 0.15) is 6.42 Å². The van der Waals surface area contributed by atoms with E-state index in [1.54, 1.807) is 4.90 Å². The molecule has 0 saturated carbocycles. The van der Waals surface area contributed by atoms with Crippen LogP contribution in [-0.4, -0.2) is 45.1 Å². The average Bonchev–Trinajstić information content (AvgIpc) is 2.36. The van der Waals surface area contributed by atoms with Gasteiger partial charge in [-0.15, -0.1) is 0 Å². The van der Waals surface area contributed by atoms with Gasteiger partial charge in [0.2, 0.25) is 6.41 Å². The molecular weight excluding hydrogens is 180 g/mol. The Hall–Kier alpha value is -0.460. The summed E-state index contributed by atoms with van der Waals surface area (Å²) in [6.45, 7) is 1.37. The first kappa shape index (κ1) is 9.63. The van der Waals surface area contributed by atoms with Gasteiger partial charge in [-0.1, -0.05) is 0 Å². The zero-order chi connectivity index (χ0) is 8.97. The van der Waals surface area contributed by atoms with Gasteiger partial charge >= 0.3 is 0 Å². The highest BCUT2D eigenvalue weighted by molar-refractivity contribution is 7.79. The van der Waals surface area contributed by atoms with Gasteiger partial charge in [-0.05, 0) is 17.5 Å². The predicted octanol–water partition coefficient (Wildman–Crippen LogP) is -1.36. The van der Waals surface area contributed by atoms with Crippen LogP contribution in [0.2, 0.25) is 0 Å². The molecule has 0 bridgehead atoms. The van der Waals surface area contributed by atoms with Gasteiger partial charge in [-0.2, -0.15) is 0 Å². The standard InChI is InChI=1S/C6H12N2O3S/c9-4-7-6-1-2-8(3-6)5-12(10)11/h4,6H,1-3,5H2,(H,7,9)(H,10,11)/p-1. The van der Waals surface area contributed by atoms with Crippen LogP contribution in [0.25, 0.3) is 0 Å². The number of carbonyl (C=O) groups excluding carboxylic acids is 1. The van der Waals surface area contributed by atoms with E-state index < -0.39 is 11.1 Å². The average molecular weight is 191 g/mol. The minimum absolute atomic E-state index is 0.0665. The van der Waals surface area contributed by atoms with Gasteiger partial charge in [0.05, 0.1) is 5.88 Å². The lowest BCUT2D eigenvalue weighted by Crippen LogP contribution is -2.32. The van der Waals surface area contributed by atoms with Crippen molar-refractivity contribution >= 4 is 17.5 Å². The van der Waals surface area contributed by atoms with Gasteiger partial charge in [0.25, 0.3) is 0 Å². The summed E-state index contributed by atoms with van der Waals surface area (Å²) in [6.07, 6.45) is 1.48. The fourth-order valence-corrected chi connectivity index (χ4v) is 1.86. The molecule has 2 unspecified atom stereocenters. The molecule has 1 aliphatic heterocycles.